The zero-order chi connectivity index (χ0) is 47.3. The number of pyridine rings is 2. The Labute approximate surface area is 405 Å². The fourth-order valence-electron chi connectivity index (χ4n) is 8.88. The first kappa shape index (κ1) is 44.0. The van der Waals surface area contributed by atoms with Crippen molar-refractivity contribution in [1.29, 1.82) is 0 Å². The van der Waals surface area contributed by atoms with Gasteiger partial charge in [-0.3, -0.25) is 30.2 Å². The molecule has 3 aromatic heterocycles. The molecule has 10 heteroatoms. The highest BCUT2D eigenvalue weighted by atomic mass is 79.9. The van der Waals surface area contributed by atoms with Gasteiger partial charge in [-0.15, -0.1) is 0 Å². The van der Waals surface area contributed by atoms with Crippen LogP contribution in [0.15, 0.2) is 230 Å². The Hall–Kier alpha value is -8.86. The predicted molar refractivity (Wildman–Crippen MR) is 282 cm³/mol. The van der Waals surface area contributed by atoms with Crippen LogP contribution in [0, 0.1) is 20.2 Å². The number of aromatic nitrogens is 3. The van der Waals surface area contributed by atoms with E-state index in [4.69, 9.17) is 0 Å². The van der Waals surface area contributed by atoms with Gasteiger partial charge in [-0.05, 0) is 132 Å². The number of nitro groups is 2. The lowest BCUT2D eigenvalue weighted by molar-refractivity contribution is -0.384. The van der Waals surface area contributed by atoms with Crippen LogP contribution in [0.3, 0.4) is 0 Å². The maximum absolute atomic E-state index is 11.5. The van der Waals surface area contributed by atoms with E-state index in [0.717, 1.165) is 44.2 Å². The summed E-state index contributed by atoms with van der Waals surface area (Å²) in [5.74, 6) is 0. The Kier molecular flexibility index (Phi) is 12.5. The number of nitrogens with zero attached hydrogens (tertiary/aromatic N) is 5. The van der Waals surface area contributed by atoms with Crippen LogP contribution in [0.5, 0.6) is 0 Å². The molecule has 8 aromatic carbocycles. The van der Waals surface area contributed by atoms with Gasteiger partial charge in [-0.25, -0.2) is 0 Å². The fraction of sp³-hybridized carbons (Fsp3) is 0.0169. The number of hydrogen-bond donors (Lipinski definition) is 0. The quantitative estimate of drug-likeness (QED) is 0.116. The highest BCUT2D eigenvalue weighted by molar-refractivity contribution is 9.10. The molecular formula is C59H40BrN5O4. The van der Waals surface area contributed by atoms with Crippen molar-refractivity contribution in [2.24, 2.45) is 0 Å². The predicted octanol–water partition coefficient (Wildman–Crippen LogP) is 15.9. The van der Waals surface area contributed by atoms with Gasteiger partial charge in [0.1, 0.15) is 12.4 Å². The van der Waals surface area contributed by atoms with E-state index in [1.165, 1.54) is 61.8 Å². The van der Waals surface area contributed by atoms with E-state index in [9.17, 15) is 20.2 Å². The molecule has 0 unspecified atom stereocenters. The smallest absolute Gasteiger partial charge is 0.295 e. The molecule has 0 radical (unpaired) electrons. The number of allylic oxidation sites excluding steroid dienone is 1. The van der Waals surface area contributed by atoms with E-state index in [1.54, 1.807) is 24.5 Å². The van der Waals surface area contributed by atoms with Crippen LogP contribution in [0.1, 0.15) is 11.1 Å². The highest BCUT2D eigenvalue weighted by Crippen LogP contribution is 2.35. The average Bonchev–Trinajstić information content (AvgIpc) is 4.06. The van der Waals surface area contributed by atoms with Crippen molar-refractivity contribution >= 4 is 65.8 Å². The molecule has 1 aliphatic rings. The zero-order valence-electron chi connectivity index (χ0n) is 36.9. The second-order valence-electron chi connectivity index (χ2n) is 16.4. The minimum Gasteiger partial charge on any atom is -0.317 e. The Balaban J connectivity index is 0.000000133. The van der Waals surface area contributed by atoms with E-state index in [0.29, 0.717) is 11.1 Å². The molecule has 12 rings (SSSR count). The van der Waals surface area contributed by atoms with Gasteiger partial charge in [-0.1, -0.05) is 162 Å². The number of hydrogen-bond acceptors (Lipinski definition) is 6. The monoisotopic (exact) mass is 961 g/mol. The molecule has 0 atom stereocenters. The van der Waals surface area contributed by atoms with Crippen molar-refractivity contribution in [3.63, 3.8) is 0 Å². The summed E-state index contributed by atoms with van der Waals surface area (Å²) in [5.41, 5.74) is 12.2. The average molecular weight is 963 g/mol. The molecule has 1 aliphatic carbocycles. The molecule has 0 amide bonds. The maximum Gasteiger partial charge on any atom is 0.295 e. The second-order valence-corrected chi connectivity index (χ2v) is 17.3. The number of benzene rings is 8. The van der Waals surface area contributed by atoms with Gasteiger partial charge >= 0.3 is 0 Å². The third-order valence-corrected chi connectivity index (χ3v) is 12.8. The van der Waals surface area contributed by atoms with Gasteiger partial charge in [0.2, 0.25) is 0 Å². The van der Waals surface area contributed by atoms with E-state index >= 15 is 0 Å². The van der Waals surface area contributed by atoms with E-state index in [1.807, 2.05) is 42.6 Å². The lowest BCUT2D eigenvalue weighted by Gasteiger charge is -2.10. The molecule has 0 saturated heterocycles. The van der Waals surface area contributed by atoms with Gasteiger partial charge in [-0.2, -0.15) is 0 Å². The largest absolute Gasteiger partial charge is 0.317 e. The molecule has 11 aromatic rings. The summed E-state index contributed by atoms with van der Waals surface area (Å²) in [6.45, 7) is 0. The lowest BCUT2D eigenvalue weighted by atomic mass is 9.98. The zero-order valence-corrected chi connectivity index (χ0v) is 38.5. The van der Waals surface area contributed by atoms with Gasteiger partial charge in [0, 0.05) is 28.8 Å². The molecule has 3 heterocycles. The Bertz CT molecular complexity index is 3730. The molecule has 0 spiro atoms. The van der Waals surface area contributed by atoms with Crippen molar-refractivity contribution < 1.29 is 9.85 Å². The number of halogens is 1. The third-order valence-electron chi connectivity index (χ3n) is 12.3. The summed E-state index contributed by atoms with van der Waals surface area (Å²) in [6, 6.07) is 63.9. The normalized spacial score (nSPS) is 11.4. The lowest BCUT2D eigenvalue weighted by Crippen LogP contribution is -1.94. The first-order valence-corrected chi connectivity index (χ1v) is 23.0. The van der Waals surface area contributed by atoms with Crippen LogP contribution in [-0.4, -0.2) is 24.4 Å². The summed E-state index contributed by atoms with van der Waals surface area (Å²) in [7, 11) is 0. The summed E-state index contributed by atoms with van der Waals surface area (Å²) >= 11 is 3.47. The minimum absolute atomic E-state index is 0.000559. The summed E-state index contributed by atoms with van der Waals surface area (Å²) in [4.78, 5) is 29.4. The van der Waals surface area contributed by atoms with Crippen LogP contribution in [0.4, 0.5) is 11.4 Å². The highest BCUT2D eigenvalue weighted by Gasteiger charge is 2.18. The minimum atomic E-state index is -0.395. The van der Waals surface area contributed by atoms with Gasteiger partial charge < -0.3 is 4.57 Å². The molecule has 9 nitrogen and oxygen atoms in total. The van der Waals surface area contributed by atoms with Crippen LogP contribution < -0.4 is 0 Å². The van der Waals surface area contributed by atoms with Gasteiger partial charge in [0.05, 0.1) is 26.5 Å². The van der Waals surface area contributed by atoms with E-state index < -0.39 is 9.85 Å². The Morgan fingerprint density at radius 2 is 1.01 bits per heavy atom. The molecule has 0 saturated carbocycles. The van der Waals surface area contributed by atoms with Crippen molar-refractivity contribution in [3.8, 4) is 50.2 Å². The van der Waals surface area contributed by atoms with Crippen LogP contribution >= 0.6 is 15.9 Å². The van der Waals surface area contributed by atoms with Crippen molar-refractivity contribution in [2.45, 2.75) is 6.42 Å². The van der Waals surface area contributed by atoms with Crippen LogP contribution in [0.2, 0.25) is 0 Å². The standard InChI is InChI=1S/C29H19N3O2.C16H11Br.C14H10N2O2/c33-32(34)29-19-30-16-14-27(29)23-9-8-22-15-17-31(28(22)18-23)24-12-10-21(11-13-24)26-7-3-5-20-4-1-2-6-25(20)26;17-14-10-8-13(9-11-14)16-7-3-5-12-4-1-2-6-15(12)16;17-16(18)14-9-15-7-6-13(14)12-5-4-10-2-1-3-11(10)8-12/h1-19H;1-11H;1-2,4-9H,3H2. The number of rotatable bonds is 7. The van der Waals surface area contributed by atoms with E-state index in [-0.39, 0.29) is 11.4 Å². The third kappa shape index (κ3) is 9.29. The van der Waals surface area contributed by atoms with Crippen molar-refractivity contribution in [3.05, 3.63) is 261 Å². The molecule has 69 heavy (non-hydrogen) atoms. The summed E-state index contributed by atoms with van der Waals surface area (Å²) < 4.78 is 3.22. The number of fused-ring (bicyclic) bond motifs is 4. The first-order chi connectivity index (χ1) is 33.8. The topological polar surface area (TPSA) is 117 Å². The van der Waals surface area contributed by atoms with Crippen molar-refractivity contribution in [2.75, 3.05) is 0 Å². The SMILES string of the molecule is Brc1ccc(-c2cccc3ccccc23)cc1.O=[N+]([O-])c1cnccc1-c1ccc2c(c1)CC=C2.O=[N+]([O-])c1cnccc1-c1ccc2ccn(-c3ccc(-c4cccc5ccccc45)cc3)c2c1. The molecule has 0 aliphatic heterocycles. The molecule has 0 N–H and O–H groups in total. The molecule has 332 valence electrons. The Morgan fingerprint density at radius 1 is 0.493 bits per heavy atom. The summed E-state index contributed by atoms with van der Waals surface area (Å²) in [5, 5.41) is 28.6. The van der Waals surface area contributed by atoms with E-state index in [2.05, 4.69) is 182 Å². The van der Waals surface area contributed by atoms with Crippen LogP contribution in [-0.2, 0) is 6.42 Å². The molecular weight excluding hydrogens is 923 g/mol. The molecule has 0 fully saturated rings. The second kappa shape index (κ2) is 19.5. The van der Waals surface area contributed by atoms with Gasteiger partial charge in [0.15, 0.2) is 0 Å². The molecule has 0 bridgehead atoms. The first-order valence-electron chi connectivity index (χ1n) is 22.2. The fourth-order valence-corrected chi connectivity index (χ4v) is 9.15. The summed E-state index contributed by atoms with van der Waals surface area (Å²) in [6.07, 6.45) is 12.8. The Morgan fingerprint density at radius 3 is 1.61 bits per heavy atom. The van der Waals surface area contributed by atoms with Crippen LogP contribution in [0.25, 0.3) is 88.7 Å². The van der Waals surface area contributed by atoms with Crippen molar-refractivity contribution in [1.82, 2.24) is 14.5 Å². The maximum atomic E-state index is 11.5. The van der Waals surface area contributed by atoms with Gasteiger partial charge in [0.25, 0.3) is 11.4 Å².